The van der Waals surface area contributed by atoms with Crippen LogP contribution in [0.4, 0.5) is 16.2 Å². The van der Waals surface area contributed by atoms with E-state index in [0.29, 0.717) is 11.4 Å². The van der Waals surface area contributed by atoms with Crippen LogP contribution in [0.1, 0.15) is 18.1 Å². The average molecular weight is 469 g/mol. The molecule has 166 valence electrons. The number of hydrogen-bond donors (Lipinski definition) is 1. The van der Waals surface area contributed by atoms with Crippen molar-refractivity contribution in [3.05, 3.63) is 59.7 Å². The van der Waals surface area contributed by atoms with E-state index < -0.39 is 17.4 Å². The van der Waals surface area contributed by atoms with Gasteiger partial charge in [0.2, 0.25) is 5.91 Å². The first kappa shape index (κ1) is 22.4. The number of thioether (sulfide) groups is 2. The fourth-order valence-electron chi connectivity index (χ4n) is 3.59. The van der Waals surface area contributed by atoms with E-state index in [1.54, 1.807) is 12.1 Å². The molecule has 2 aliphatic heterocycles. The highest BCUT2D eigenvalue weighted by Crippen LogP contribution is 2.39. The van der Waals surface area contributed by atoms with Crippen LogP contribution in [0.5, 0.6) is 0 Å². The second-order valence-corrected chi connectivity index (χ2v) is 10.2. The monoisotopic (exact) mass is 468 g/mol. The van der Waals surface area contributed by atoms with E-state index in [9.17, 15) is 14.4 Å². The molecule has 2 unspecified atom stereocenters. The number of para-hydroxylation sites is 1. The normalized spacial score (nSPS) is 20.3. The van der Waals surface area contributed by atoms with Gasteiger partial charge in [0.25, 0.3) is 5.91 Å². The number of nitrogens with one attached hydrogen (secondary N) is 1. The van der Waals surface area contributed by atoms with Gasteiger partial charge in [0.1, 0.15) is 22.3 Å². The van der Waals surface area contributed by atoms with Crippen LogP contribution < -0.4 is 10.2 Å². The number of carbonyl (C=O) groups excluding carboxylic acids is 3. The molecule has 1 fully saturated rings. The molecular weight excluding hydrogens is 444 g/mol. The maximum atomic E-state index is 13.4. The zero-order valence-electron chi connectivity index (χ0n) is 18.1. The summed E-state index contributed by atoms with van der Waals surface area (Å²) in [5.74, 6) is 0.171. The van der Waals surface area contributed by atoms with Crippen molar-refractivity contribution in [2.45, 2.75) is 32.2 Å². The highest BCUT2D eigenvalue weighted by molar-refractivity contribution is 8.39. The molecule has 32 heavy (non-hydrogen) atoms. The number of aryl methyl sites for hydroxylation is 2. The van der Waals surface area contributed by atoms with Crippen LogP contribution in [0.15, 0.2) is 53.5 Å². The fourth-order valence-corrected chi connectivity index (χ4v) is 5.88. The number of rotatable bonds is 5. The summed E-state index contributed by atoms with van der Waals surface area (Å²) in [4.78, 5) is 46.8. The Balaban J connectivity index is 1.63. The summed E-state index contributed by atoms with van der Waals surface area (Å²) in [5.41, 5.74) is 3.14. The second-order valence-electron chi connectivity index (χ2n) is 7.56. The largest absolute Gasteiger partial charge is 0.333 e. The van der Waals surface area contributed by atoms with Crippen LogP contribution in [0.2, 0.25) is 0 Å². The molecule has 4 rings (SSSR count). The van der Waals surface area contributed by atoms with Crippen molar-refractivity contribution in [1.29, 1.82) is 0 Å². The van der Waals surface area contributed by atoms with Gasteiger partial charge in [-0.25, -0.2) is 14.7 Å². The molecule has 4 amide bonds. The summed E-state index contributed by atoms with van der Waals surface area (Å²) >= 11 is 2.90. The van der Waals surface area contributed by atoms with E-state index in [2.05, 4.69) is 10.3 Å². The molecule has 7 nitrogen and oxygen atoms in total. The molecular formula is C23H24N4O3S2. The molecule has 0 spiro atoms. The van der Waals surface area contributed by atoms with E-state index >= 15 is 0 Å². The number of urea groups is 1. The topological polar surface area (TPSA) is 82.1 Å². The van der Waals surface area contributed by atoms with Crippen molar-refractivity contribution < 1.29 is 14.4 Å². The molecule has 0 bridgehead atoms. The van der Waals surface area contributed by atoms with Crippen LogP contribution >= 0.6 is 23.5 Å². The van der Waals surface area contributed by atoms with Crippen molar-refractivity contribution in [1.82, 2.24) is 4.90 Å². The van der Waals surface area contributed by atoms with E-state index in [-0.39, 0.29) is 18.4 Å². The zero-order chi connectivity index (χ0) is 22.8. The van der Waals surface area contributed by atoms with E-state index in [4.69, 9.17) is 0 Å². The van der Waals surface area contributed by atoms with Crippen molar-refractivity contribution >= 4 is 57.1 Å². The predicted molar refractivity (Wildman–Crippen MR) is 131 cm³/mol. The minimum atomic E-state index is -0.696. The Hall–Kier alpha value is -2.78. The molecule has 0 aliphatic carbocycles. The Morgan fingerprint density at radius 1 is 1.12 bits per heavy atom. The number of hydrogen-bond acceptors (Lipinski definition) is 6. The Labute approximate surface area is 195 Å². The standard InChI is InChI=1S/C23H24N4O3S2/c1-4-31-22-25-20-19(32-22)21(29)27(16-11-9-14(2)10-12-16)23(30)26(20)13-18(28)24-17-8-6-5-7-15(17)3/h5-12,19-20H,4,13H2,1-3H3,(H,24,28). The summed E-state index contributed by atoms with van der Waals surface area (Å²) in [5, 5.41) is 2.30. The highest BCUT2D eigenvalue weighted by Gasteiger charge is 2.51. The summed E-state index contributed by atoms with van der Waals surface area (Å²) in [6.45, 7) is 5.66. The van der Waals surface area contributed by atoms with Crippen molar-refractivity contribution in [3.8, 4) is 0 Å². The molecule has 0 radical (unpaired) electrons. The Kier molecular flexibility index (Phi) is 6.57. The van der Waals surface area contributed by atoms with Gasteiger partial charge in [0.15, 0.2) is 0 Å². The third kappa shape index (κ3) is 4.40. The lowest BCUT2D eigenvalue weighted by Crippen LogP contribution is -2.63. The predicted octanol–water partition coefficient (Wildman–Crippen LogP) is 4.26. The van der Waals surface area contributed by atoms with Gasteiger partial charge < -0.3 is 5.32 Å². The third-order valence-electron chi connectivity index (χ3n) is 5.25. The summed E-state index contributed by atoms with van der Waals surface area (Å²) in [7, 11) is 0. The molecule has 9 heteroatoms. The lowest BCUT2D eigenvalue weighted by atomic mass is 10.1. The number of fused-ring (bicyclic) bond motifs is 1. The molecule has 1 N–H and O–H groups in total. The quantitative estimate of drug-likeness (QED) is 0.709. The van der Waals surface area contributed by atoms with Crippen LogP contribution in [-0.4, -0.2) is 50.8 Å². The molecule has 2 aromatic rings. The molecule has 0 aromatic heterocycles. The first-order valence-electron chi connectivity index (χ1n) is 10.3. The average Bonchev–Trinajstić information content (AvgIpc) is 3.19. The lowest BCUT2D eigenvalue weighted by molar-refractivity contribution is -0.122. The van der Waals surface area contributed by atoms with Gasteiger partial charge in [-0.2, -0.15) is 0 Å². The van der Waals surface area contributed by atoms with Gasteiger partial charge in [-0.05, 0) is 43.4 Å². The van der Waals surface area contributed by atoms with Gasteiger partial charge in [-0.15, -0.1) is 11.8 Å². The number of aliphatic imine (C=N–C) groups is 1. The fraction of sp³-hybridized carbons (Fsp3) is 0.304. The number of benzene rings is 2. The maximum absolute atomic E-state index is 13.4. The summed E-state index contributed by atoms with van der Waals surface area (Å²) in [6.07, 6.45) is -0.696. The van der Waals surface area contributed by atoms with Crippen LogP contribution in [-0.2, 0) is 9.59 Å². The maximum Gasteiger partial charge on any atom is 0.333 e. The van der Waals surface area contributed by atoms with Crippen LogP contribution in [0, 0.1) is 13.8 Å². The molecule has 0 saturated carbocycles. The molecule has 2 aromatic carbocycles. The molecule has 1 saturated heterocycles. The SMILES string of the molecule is CCSC1=NC2C(S1)C(=O)N(c1ccc(C)cc1)C(=O)N2CC(=O)Nc1ccccc1C. The first-order chi connectivity index (χ1) is 15.4. The minimum Gasteiger partial charge on any atom is -0.324 e. The number of imide groups is 1. The van der Waals surface area contributed by atoms with Crippen LogP contribution in [0.3, 0.4) is 0 Å². The Morgan fingerprint density at radius 3 is 2.53 bits per heavy atom. The van der Waals surface area contributed by atoms with Gasteiger partial charge in [-0.3, -0.25) is 14.5 Å². The first-order valence-corrected chi connectivity index (χ1v) is 12.2. The Bertz CT molecular complexity index is 1090. The minimum absolute atomic E-state index is 0.196. The molecule has 2 heterocycles. The number of carbonyl (C=O) groups is 3. The van der Waals surface area contributed by atoms with Crippen molar-refractivity contribution in [3.63, 3.8) is 0 Å². The van der Waals surface area contributed by atoms with Crippen molar-refractivity contribution in [2.24, 2.45) is 4.99 Å². The van der Waals surface area contributed by atoms with Crippen molar-refractivity contribution in [2.75, 3.05) is 22.5 Å². The van der Waals surface area contributed by atoms with E-state index in [1.807, 2.05) is 57.2 Å². The molecule has 2 atom stereocenters. The highest BCUT2D eigenvalue weighted by atomic mass is 32.2. The smallest absolute Gasteiger partial charge is 0.324 e. The van der Waals surface area contributed by atoms with Gasteiger partial charge in [0, 0.05) is 5.69 Å². The molecule has 2 aliphatic rings. The van der Waals surface area contributed by atoms with E-state index in [0.717, 1.165) is 21.3 Å². The van der Waals surface area contributed by atoms with Gasteiger partial charge >= 0.3 is 6.03 Å². The number of nitrogens with zero attached hydrogens (tertiary/aromatic N) is 3. The Morgan fingerprint density at radius 2 is 1.84 bits per heavy atom. The summed E-state index contributed by atoms with van der Waals surface area (Å²) < 4.78 is 0.763. The van der Waals surface area contributed by atoms with Crippen LogP contribution in [0.25, 0.3) is 0 Å². The van der Waals surface area contributed by atoms with Gasteiger partial charge in [0.05, 0.1) is 5.69 Å². The number of amides is 4. The number of anilines is 2. The van der Waals surface area contributed by atoms with E-state index in [1.165, 1.54) is 33.3 Å². The zero-order valence-corrected chi connectivity index (χ0v) is 19.7. The van der Waals surface area contributed by atoms with Gasteiger partial charge in [-0.1, -0.05) is 54.6 Å². The lowest BCUT2D eigenvalue weighted by Gasteiger charge is -2.39. The second kappa shape index (κ2) is 9.38. The third-order valence-corrected chi connectivity index (χ3v) is 7.54. The summed E-state index contributed by atoms with van der Waals surface area (Å²) in [6, 6.07) is 14.1.